The molecule has 3 nitrogen and oxygen atoms in total. The van der Waals surface area contributed by atoms with Crippen LogP contribution in [-0.2, 0) is 4.79 Å². The Morgan fingerprint density at radius 1 is 1.40 bits per heavy atom. The van der Waals surface area contributed by atoms with Crippen LogP contribution >= 0.6 is 0 Å². The number of aliphatic carboxylic acids is 1. The van der Waals surface area contributed by atoms with E-state index in [0.717, 1.165) is 25.3 Å². The predicted molar refractivity (Wildman–Crippen MR) is 60.9 cm³/mol. The minimum Gasteiger partial charge on any atom is -0.481 e. The maximum absolute atomic E-state index is 10.3. The molecule has 0 aliphatic heterocycles. The zero-order valence-corrected chi connectivity index (χ0v) is 9.67. The number of nitrogens with one attached hydrogen (secondary N) is 1. The Hall–Kier alpha value is -0.570. The largest absolute Gasteiger partial charge is 0.481 e. The van der Waals surface area contributed by atoms with Crippen molar-refractivity contribution in [1.29, 1.82) is 0 Å². The van der Waals surface area contributed by atoms with Crippen molar-refractivity contribution in [3.05, 3.63) is 0 Å². The van der Waals surface area contributed by atoms with E-state index >= 15 is 0 Å². The summed E-state index contributed by atoms with van der Waals surface area (Å²) in [6.45, 7) is 3.22. The van der Waals surface area contributed by atoms with Crippen molar-refractivity contribution in [2.45, 2.75) is 57.9 Å². The van der Waals surface area contributed by atoms with Crippen LogP contribution in [0.15, 0.2) is 0 Å². The van der Waals surface area contributed by atoms with Crippen LogP contribution in [0.25, 0.3) is 0 Å². The third kappa shape index (κ3) is 5.17. The van der Waals surface area contributed by atoms with Crippen molar-refractivity contribution < 1.29 is 9.90 Å². The normalized spacial score (nSPS) is 19.3. The van der Waals surface area contributed by atoms with Crippen molar-refractivity contribution in [3.63, 3.8) is 0 Å². The van der Waals surface area contributed by atoms with Crippen molar-refractivity contribution in [2.75, 3.05) is 6.54 Å². The van der Waals surface area contributed by atoms with Crippen LogP contribution in [0.4, 0.5) is 0 Å². The second-order valence-electron chi connectivity index (χ2n) is 4.64. The lowest BCUT2D eigenvalue weighted by molar-refractivity contribution is -0.137. The molecule has 3 heteroatoms. The molecule has 1 atom stereocenters. The monoisotopic (exact) mass is 213 g/mol. The second kappa shape index (κ2) is 6.83. The van der Waals surface area contributed by atoms with Gasteiger partial charge >= 0.3 is 5.97 Å². The van der Waals surface area contributed by atoms with Crippen LogP contribution < -0.4 is 5.32 Å². The SMILES string of the molecule is CC(NCCCCC(=O)O)C1CCCC1. The van der Waals surface area contributed by atoms with Crippen molar-refractivity contribution in [1.82, 2.24) is 5.32 Å². The van der Waals surface area contributed by atoms with Crippen molar-refractivity contribution in [2.24, 2.45) is 5.92 Å². The first kappa shape index (κ1) is 12.5. The highest BCUT2D eigenvalue weighted by molar-refractivity contribution is 5.66. The summed E-state index contributed by atoms with van der Waals surface area (Å²) in [5, 5.41) is 12.0. The van der Waals surface area contributed by atoms with Gasteiger partial charge in [0.15, 0.2) is 0 Å². The van der Waals surface area contributed by atoms with E-state index in [1.54, 1.807) is 0 Å². The van der Waals surface area contributed by atoms with Gasteiger partial charge in [0.1, 0.15) is 0 Å². The highest BCUT2D eigenvalue weighted by atomic mass is 16.4. The minimum atomic E-state index is -0.682. The molecule has 1 rings (SSSR count). The summed E-state index contributed by atoms with van der Waals surface area (Å²) in [7, 11) is 0. The van der Waals surface area contributed by atoms with E-state index in [1.165, 1.54) is 25.7 Å². The molecule has 0 bridgehead atoms. The first-order chi connectivity index (χ1) is 7.20. The van der Waals surface area contributed by atoms with Crippen LogP contribution in [0.5, 0.6) is 0 Å². The average Bonchev–Trinajstić information content (AvgIpc) is 2.69. The fraction of sp³-hybridized carbons (Fsp3) is 0.917. The van der Waals surface area contributed by atoms with Gasteiger partial charge < -0.3 is 10.4 Å². The molecule has 1 unspecified atom stereocenters. The van der Waals surface area contributed by atoms with E-state index < -0.39 is 5.97 Å². The number of unbranched alkanes of at least 4 members (excludes halogenated alkanes) is 1. The molecule has 0 spiro atoms. The summed E-state index contributed by atoms with van der Waals surface area (Å²) in [5.41, 5.74) is 0. The van der Waals surface area contributed by atoms with E-state index in [-0.39, 0.29) is 0 Å². The maximum Gasteiger partial charge on any atom is 0.303 e. The van der Waals surface area contributed by atoms with E-state index in [2.05, 4.69) is 12.2 Å². The molecule has 0 heterocycles. The first-order valence-corrected chi connectivity index (χ1v) is 6.15. The van der Waals surface area contributed by atoms with E-state index in [9.17, 15) is 4.79 Å². The van der Waals surface area contributed by atoms with Gasteiger partial charge in [0.2, 0.25) is 0 Å². The smallest absolute Gasteiger partial charge is 0.303 e. The fourth-order valence-electron chi connectivity index (χ4n) is 2.36. The third-order valence-corrected chi connectivity index (χ3v) is 3.39. The lowest BCUT2D eigenvalue weighted by Crippen LogP contribution is -2.32. The van der Waals surface area contributed by atoms with Gasteiger partial charge in [-0.15, -0.1) is 0 Å². The topological polar surface area (TPSA) is 49.3 Å². The van der Waals surface area contributed by atoms with Gasteiger partial charge in [-0.3, -0.25) is 4.79 Å². The molecule has 88 valence electrons. The van der Waals surface area contributed by atoms with Crippen LogP contribution in [0, 0.1) is 5.92 Å². The molecular formula is C12H23NO2. The van der Waals surface area contributed by atoms with Crippen molar-refractivity contribution in [3.8, 4) is 0 Å². The van der Waals surface area contributed by atoms with Crippen LogP contribution in [-0.4, -0.2) is 23.7 Å². The molecule has 0 aromatic rings. The van der Waals surface area contributed by atoms with Gasteiger partial charge in [0, 0.05) is 12.5 Å². The highest BCUT2D eigenvalue weighted by Crippen LogP contribution is 2.27. The highest BCUT2D eigenvalue weighted by Gasteiger charge is 2.20. The number of hydrogen-bond acceptors (Lipinski definition) is 2. The van der Waals surface area contributed by atoms with E-state index in [4.69, 9.17) is 5.11 Å². The molecule has 0 radical (unpaired) electrons. The van der Waals surface area contributed by atoms with Gasteiger partial charge in [0.05, 0.1) is 0 Å². The van der Waals surface area contributed by atoms with Crippen molar-refractivity contribution >= 4 is 5.97 Å². The predicted octanol–water partition coefficient (Wildman–Crippen LogP) is 2.41. The summed E-state index contributed by atoms with van der Waals surface area (Å²) in [6, 6.07) is 0.609. The molecule has 0 amide bonds. The van der Waals surface area contributed by atoms with Crippen LogP contribution in [0.3, 0.4) is 0 Å². The summed E-state index contributed by atoms with van der Waals surface area (Å²) < 4.78 is 0. The number of carbonyl (C=O) groups is 1. The summed E-state index contributed by atoms with van der Waals surface area (Å²) in [4.78, 5) is 10.3. The third-order valence-electron chi connectivity index (χ3n) is 3.39. The summed E-state index contributed by atoms with van der Waals surface area (Å²) in [5.74, 6) is 0.170. The van der Waals surface area contributed by atoms with Gasteiger partial charge in [-0.05, 0) is 45.1 Å². The average molecular weight is 213 g/mol. The Kier molecular flexibility index (Phi) is 5.69. The molecule has 0 saturated heterocycles. The van der Waals surface area contributed by atoms with Crippen LogP contribution in [0.2, 0.25) is 0 Å². The Morgan fingerprint density at radius 2 is 2.07 bits per heavy atom. The lowest BCUT2D eigenvalue weighted by atomic mass is 10.00. The lowest BCUT2D eigenvalue weighted by Gasteiger charge is -2.20. The Morgan fingerprint density at radius 3 is 2.67 bits per heavy atom. The molecule has 0 aromatic heterocycles. The second-order valence-corrected chi connectivity index (χ2v) is 4.64. The van der Waals surface area contributed by atoms with Gasteiger partial charge in [-0.2, -0.15) is 0 Å². The summed E-state index contributed by atoms with van der Waals surface area (Å²) in [6.07, 6.45) is 7.57. The quantitative estimate of drug-likeness (QED) is 0.638. The molecule has 0 aromatic carbocycles. The van der Waals surface area contributed by atoms with E-state index in [0.29, 0.717) is 12.5 Å². The molecule has 1 aliphatic carbocycles. The van der Waals surface area contributed by atoms with Crippen LogP contribution in [0.1, 0.15) is 51.9 Å². The zero-order valence-electron chi connectivity index (χ0n) is 9.67. The fourth-order valence-corrected chi connectivity index (χ4v) is 2.36. The standard InChI is InChI=1S/C12H23NO2/c1-10(11-6-2-3-7-11)13-9-5-4-8-12(14)15/h10-11,13H,2-9H2,1H3,(H,14,15). The number of rotatable bonds is 7. The Bertz CT molecular complexity index is 188. The number of hydrogen-bond donors (Lipinski definition) is 2. The van der Waals surface area contributed by atoms with Gasteiger partial charge in [-0.1, -0.05) is 12.8 Å². The van der Waals surface area contributed by atoms with Gasteiger partial charge in [0.25, 0.3) is 0 Å². The molecule has 15 heavy (non-hydrogen) atoms. The Labute approximate surface area is 92.3 Å². The van der Waals surface area contributed by atoms with E-state index in [1.807, 2.05) is 0 Å². The van der Waals surface area contributed by atoms with Gasteiger partial charge in [-0.25, -0.2) is 0 Å². The number of carboxylic acid groups (broad SMARTS) is 1. The Balaban J connectivity index is 1.96. The molecule has 1 fully saturated rings. The molecule has 1 aliphatic rings. The number of carboxylic acids is 1. The summed E-state index contributed by atoms with van der Waals surface area (Å²) >= 11 is 0. The molecular weight excluding hydrogens is 190 g/mol. The first-order valence-electron chi connectivity index (χ1n) is 6.15. The molecule has 1 saturated carbocycles. The molecule has 2 N–H and O–H groups in total. The zero-order chi connectivity index (χ0) is 11.1. The maximum atomic E-state index is 10.3. The minimum absolute atomic E-state index is 0.305.